The number of nitrogens with one attached hydrogen (secondary N) is 3. The molecule has 4 atom stereocenters. The van der Waals surface area contributed by atoms with Gasteiger partial charge in [0.15, 0.2) is 0 Å². The summed E-state index contributed by atoms with van der Waals surface area (Å²) in [6.07, 6.45) is 0. The standard InChI is InChI=1S/C12H22N4O5S/c1-5(10(18)16-7(3)12(20)21)14-9(17)6(2)15-11(19)8(13)4-22/h5-8,22H,4,13H2,1-3H3,(H,14,17)(H,15,19)(H,16,18)(H,20,21). The summed E-state index contributed by atoms with van der Waals surface area (Å²) in [7, 11) is 0. The fraction of sp³-hybridized carbons (Fsp3) is 0.667. The molecule has 0 aliphatic heterocycles. The zero-order chi connectivity index (χ0) is 17.4. The number of carbonyl (C=O) groups is 4. The molecule has 0 radical (unpaired) electrons. The van der Waals surface area contributed by atoms with Gasteiger partial charge in [0.1, 0.15) is 18.1 Å². The highest BCUT2D eigenvalue weighted by atomic mass is 32.1. The number of hydrogen-bond donors (Lipinski definition) is 6. The summed E-state index contributed by atoms with van der Waals surface area (Å²) >= 11 is 3.87. The second-order valence-electron chi connectivity index (χ2n) is 4.82. The smallest absolute Gasteiger partial charge is 0.325 e. The van der Waals surface area contributed by atoms with Gasteiger partial charge in [-0.3, -0.25) is 19.2 Å². The van der Waals surface area contributed by atoms with Crippen molar-refractivity contribution in [2.24, 2.45) is 5.73 Å². The van der Waals surface area contributed by atoms with E-state index in [2.05, 4.69) is 28.6 Å². The number of amides is 3. The molecule has 0 spiro atoms. The number of hydrogen-bond acceptors (Lipinski definition) is 6. The molecule has 0 saturated carbocycles. The van der Waals surface area contributed by atoms with Crippen LogP contribution in [-0.2, 0) is 19.2 Å². The van der Waals surface area contributed by atoms with Crippen LogP contribution in [-0.4, -0.2) is 58.7 Å². The molecule has 3 amide bonds. The molecular weight excluding hydrogens is 312 g/mol. The van der Waals surface area contributed by atoms with Crippen molar-refractivity contribution in [2.45, 2.75) is 44.9 Å². The normalized spacial score (nSPS) is 15.9. The van der Waals surface area contributed by atoms with Crippen molar-refractivity contribution >= 4 is 36.3 Å². The molecule has 10 heteroatoms. The minimum absolute atomic E-state index is 0.131. The molecule has 0 heterocycles. The topological polar surface area (TPSA) is 151 Å². The van der Waals surface area contributed by atoms with E-state index in [0.717, 1.165) is 0 Å². The van der Waals surface area contributed by atoms with Crippen LogP contribution in [0, 0.1) is 0 Å². The second-order valence-corrected chi connectivity index (χ2v) is 5.18. The average Bonchev–Trinajstić information content (AvgIpc) is 2.45. The molecule has 0 rings (SSSR count). The van der Waals surface area contributed by atoms with Gasteiger partial charge in [-0.05, 0) is 20.8 Å². The van der Waals surface area contributed by atoms with Gasteiger partial charge in [0, 0.05) is 5.75 Å². The summed E-state index contributed by atoms with van der Waals surface area (Å²) in [6, 6.07) is -3.76. The largest absolute Gasteiger partial charge is 0.480 e. The maximum absolute atomic E-state index is 11.8. The monoisotopic (exact) mass is 334 g/mol. The van der Waals surface area contributed by atoms with Crippen LogP contribution in [0.15, 0.2) is 0 Å². The molecule has 0 aromatic heterocycles. The summed E-state index contributed by atoms with van der Waals surface area (Å²) in [4.78, 5) is 45.7. The van der Waals surface area contributed by atoms with Crippen LogP contribution in [0.25, 0.3) is 0 Å². The Morgan fingerprint density at radius 2 is 1.27 bits per heavy atom. The van der Waals surface area contributed by atoms with E-state index in [4.69, 9.17) is 10.8 Å². The third kappa shape index (κ3) is 6.76. The van der Waals surface area contributed by atoms with E-state index in [1.165, 1.54) is 20.8 Å². The van der Waals surface area contributed by atoms with Crippen LogP contribution in [0.2, 0.25) is 0 Å². The third-order valence-corrected chi connectivity index (χ3v) is 3.16. The fourth-order valence-corrected chi connectivity index (χ4v) is 1.44. The quantitative estimate of drug-likeness (QED) is 0.278. The lowest BCUT2D eigenvalue weighted by molar-refractivity contribution is -0.141. The first-order chi connectivity index (χ1) is 10.1. The Balaban J connectivity index is 4.42. The van der Waals surface area contributed by atoms with Crippen molar-refractivity contribution in [2.75, 3.05) is 5.75 Å². The van der Waals surface area contributed by atoms with E-state index in [1.54, 1.807) is 0 Å². The van der Waals surface area contributed by atoms with E-state index in [0.29, 0.717) is 0 Å². The zero-order valence-corrected chi connectivity index (χ0v) is 13.5. The van der Waals surface area contributed by atoms with E-state index >= 15 is 0 Å². The Bertz CT molecular complexity index is 445. The van der Waals surface area contributed by atoms with Gasteiger partial charge < -0.3 is 26.8 Å². The maximum atomic E-state index is 11.8. The highest BCUT2D eigenvalue weighted by Crippen LogP contribution is 1.92. The molecule has 126 valence electrons. The highest BCUT2D eigenvalue weighted by molar-refractivity contribution is 7.80. The third-order valence-electron chi connectivity index (χ3n) is 2.77. The van der Waals surface area contributed by atoms with Crippen LogP contribution in [0.3, 0.4) is 0 Å². The van der Waals surface area contributed by atoms with E-state index in [9.17, 15) is 19.2 Å². The minimum atomic E-state index is -1.19. The van der Waals surface area contributed by atoms with Crippen molar-refractivity contribution in [3.63, 3.8) is 0 Å². The summed E-state index contributed by atoms with van der Waals surface area (Å²) in [5.41, 5.74) is 5.46. The first kappa shape index (κ1) is 20.2. The molecule has 0 fully saturated rings. The molecule has 4 unspecified atom stereocenters. The Hall–Kier alpha value is -1.81. The van der Waals surface area contributed by atoms with Gasteiger partial charge in [0.25, 0.3) is 0 Å². The summed E-state index contributed by atoms with van der Waals surface area (Å²) in [5, 5.41) is 15.7. The predicted octanol–water partition coefficient (Wildman–Crippen LogP) is -2.16. The number of thiol groups is 1. The van der Waals surface area contributed by atoms with Crippen molar-refractivity contribution < 1.29 is 24.3 Å². The van der Waals surface area contributed by atoms with Gasteiger partial charge in [0.05, 0.1) is 6.04 Å². The molecule has 9 nitrogen and oxygen atoms in total. The lowest BCUT2D eigenvalue weighted by atomic mass is 10.2. The average molecular weight is 334 g/mol. The summed E-state index contributed by atoms with van der Waals surface area (Å²) in [5.74, 6) is -2.83. The number of nitrogens with two attached hydrogens (primary N) is 1. The molecule has 0 aromatic rings. The van der Waals surface area contributed by atoms with Crippen LogP contribution in [0.1, 0.15) is 20.8 Å². The molecular formula is C12H22N4O5S. The summed E-state index contributed by atoms with van der Waals surface area (Å²) in [6.45, 7) is 4.13. The van der Waals surface area contributed by atoms with Crippen molar-refractivity contribution in [3.05, 3.63) is 0 Å². The Morgan fingerprint density at radius 1 is 0.909 bits per heavy atom. The van der Waals surface area contributed by atoms with Crippen LogP contribution >= 0.6 is 12.6 Å². The Labute approximate surface area is 133 Å². The highest BCUT2D eigenvalue weighted by Gasteiger charge is 2.24. The number of rotatable bonds is 8. The predicted molar refractivity (Wildman–Crippen MR) is 82.3 cm³/mol. The van der Waals surface area contributed by atoms with Crippen LogP contribution in [0.5, 0.6) is 0 Å². The first-order valence-corrected chi connectivity index (χ1v) is 7.23. The first-order valence-electron chi connectivity index (χ1n) is 6.60. The number of carboxylic acid groups (broad SMARTS) is 1. The summed E-state index contributed by atoms with van der Waals surface area (Å²) < 4.78 is 0. The lowest BCUT2D eigenvalue weighted by Crippen LogP contribution is -2.55. The molecule has 0 aliphatic rings. The van der Waals surface area contributed by atoms with Gasteiger partial charge >= 0.3 is 5.97 Å². The van der Waals surface area contributed by atoms with Gasteiger partial charge in [0.2, 0.25) is 17.7 Å². The van der Waals surface area contributed by atoms with Crippen molar-refractivity contribution in [3.8, 4) is 0 Å². The molecule has 0 aliphatic carbocycles. The lowest BCUT2D eigenvalue weighted by Gasteiger charge is -2.20. The number of aliphatic carboxylic acids is 1. The number of carboxylic acids is 1. The van der Waals surface area contributed by atoms with Gasteiger partial charge in [-0.15, -0.1) is 0 Å². The molecule has 0 bridgehead atoms. The Morgan fingerprint density at radius 3 is 1.64 bits per heavy atom. The minimum Gasteiger partial charge on any atom is -0.480 e. The second kappa shape index (κ2) is 9.26. The van der Waals surface area contributed by atoms with Crippen molar-refractivity contribution in [1.29, 1.82) is 0 Å². The van der Waals surface area contributed by atoms with Gasteiger partial charge in [-0.2, -0.15) is 12.6 Å². The number of carbonyl (C=O) groups excluding carboxylic acids is 3. The maximum Gasteiger partial charge on any atom is 0.325 e. The molecule has 22 heavy (non-hydrogen) atoms. The SMILES string of the molecule is CC(NC(=O)C(C)NC(=O)C(C)NC(=O)C(N)CS)C(=O)O. The van der Waals surface area contributed by atoms with Crippen LogP contribution in [0.4, 0.5) is 0 Å². The van der Waals surface area contributed by atoms with Gasteiger partial charge in [-0.25, -0.2) is 0 Å². The molecule has 6 N–H and O–H groups in total. The van der Waals surface area contributed by atoms with Gasteiger partial charge in [-0.1, -0.05) is 0 Å². The van der Waals surface area contributed by atoms with Crippen LogP contribution < -0.4 is 21.7 Å². The Kier molecular flexibility index (Phi) is 8.50. The van der Waals surface area contributed by atoms with Crippen molar-refractivity contribution in [1.82, 2.24) is 16.0 Å². The molecule has 0 aromatic carbocycles. The van der Waals surface area contributed by atoms with E-state index in [1.807, 2.05) is 0 Å². The zero-order valence-electron chi connectivity index (χ0n) is 12.6. The van der Waals surface area contributed by atoms with E-state index < -0.39 is 47.9 Å². The van der Waals surface area contributed by atoms with E-state index in [-0.39, 0.29) is 5.75 Å². The molecule has 0 saturated heterocycles. The fourth-order valence-electron chi connectivity index (χ4n) is 1.27.